The molecule has 0 bridgehead atoms. The van der Waals surface area contributed by atoms with Crippen molar-refractivity contribution in [3.8, 4) is 0 Å². The Morgan fingerprint density at radius 3 is 2.66 bits per heavy atom. The van der Waals surface area contributed by atoms with E-state index in [1.807, 2.05) is 31.1 Å². The summed E-state index contributed by atoms with van der Waals surface area (Å²) in [5.74, 6) is 1.87. The Balaban J connectivity index is 1.54. The summed E-state index contributed by atoms with van der Waals surface area (Å²) in [6.45, 7) is 5.80. The molecule has 0 atom stereocenters. The van der Waals surface area contributed by atoms with Crippen LogP contribution < -0.4 is 20.9 Å². The molecule has 0 radical (unpaired) electrons. The second-order valence-corrected chi connectivity index (χ2v) is 8.52. The lowest BCUT2D eigenvalue weighted by Crippen LogP contribution is -2.50. The maximum Gasteiger partial charge on any atom is 0.234 e. The SMILES string of the molecule is CCCNC(=O)CN1CCC(NC(=NC)NCc2cc(N(C)C)nc3ccccc23)CC1. The van der Waals surface area contributed by atoms with E-state index in [9.17, 15) is 4.79 Å². The Morgan fingerprint density at radius 2 is 1.97 bits per heavy atom. The van der Waals surface area contributed by atoms with Gasteiger partial charge in [-0.05, 0) is 37.0 Å². The summed E-state index contributed by atoms with van der Waals surface area (Å²) < 4.78 is 0. The van der Waals surface area contributed by atoms with Gasteiger partial charge in [0.1, 0.15) is 5.82 Å². The van der Waals surface area contributed by atoms with Crippen molar-refractivity contribution < 1.29 is 4.79 Å². The molecule has 1 aromatic heterocycles. The Morgan fingerprint density at radius 1 is 1.22 bits per heavy atom. The van der Waals surface area contributed by atoms with Crippen molar-refractivity contribution in [2.24, 2.45) is 4.99 Å². The molecule has 32 heavy (non-hydrogen) atoms. The first-order chi connectivity index (χ1) is 15.5. The van der Waals surface area contributed by atoms with Gasteiger partial charge in [0.15, 0.2) is 5.96 Å². The zero-order chi connectivity index (χ0) is 22.9. The van der Waals surface area contributed by atoms with E-state index in [2.05, 4.69) is 51.0 Å². The van der Waals surface area contributed by atoms with Crippen LogP contribution in [0.2, 0.25) is 0 Å². The normalized spacial score (nSPS) is 15.6. The fraction of sp³-hybridized carbons (Fsp3) is 0.542. The number of fused-ring (bicyclic) bond motifs is 1. The average Bonchev–Trinajstić information content (AvgIpc) is 2.81. The number of amides is 1. The third kappa shape index (κ3) is 6.56. The van der Waals surface area contributed by atoms with Crippen molar-refractivity contribution in [1.29, 1.82) is 0 Å². The van der Waals surface area contributed by atoms with E-state index < -0.39 is 0 Å². The molecule has 2 heterocycles. The summed E-state index contributed by atoms with van der Waals surface area (Å²) in [6.07, 6.45) is 2.95. The van der Waals surface area contributed by atoms with Crippen LogP contribution in [0, 0.1) is 0 Å². The van der Waals surface area contributed by atoms with Crippen LogP contribution in [-0.2, 0) is 11.3 Å². The van der Waals surface area contributed by atoms with Crippen LogP contribution in [0.25, 0.3) is 10.9 Å². The molecule has 1 fully saturated rings. The number of piperidine rings is 1. The predicted octanol–water partition coefficient (Wildman–Crippen LogP) is 1.96. The van der Waals surface area contributed by atoms with E-state index >= 15 is 0 Å². The summed E-state index contributed by atoms with van der Waals surface area (Å²) in [6, 6.07) is 10.7. The zero-order valence-corrected chi connectivity index (χ0v) is 19.8. The number of benzene rings is 1. The second-order valence-electron chi connectivity index (χ2n) is 8.52. The van der Waals surface area contributed by atoms with Crippen molar-refractivity contribution in [3.05, 3.63) is 35.9 Å². The van der Waals surface area contributed by atoms with E-state index in [1.54, 1.807) is 7.05 Å². The average molecular weight is 440 g/mol. The maximum absolute atomic E-state index is 11.9. The van der Waals surface area contributed by atoms with Crippen LogP contribution in [0.3, 0.4) is 0 Å². The second kappa shape index (κ2) is 11.7. The molecule has 0 unspecified atom stereocenters. The van der Waals surface area contributed by atoms with Gasteiger partial charge in [-0.3, -0.25) is 14.7 Å². The van der Waals surface area contributed by atoms with Gasteiger partial charge in [0.2, 0.25) is 5.91 Å². The Bertz CT molecular complexity index is 920. The Labute approximate surface area is 191 Å². The number of hydrogen-bond donors (Lipinski definition) is 3. The monoisotopic (exact) mass is 439 g/mol. The number of aliphatic imine (C=N–C) groups is 1. The minimum Gasteiger partial charge on any atom is -0.363 e. The number of aromatic nitrogens is 1. The van der Waals surface area contributed by atoms with Crippen LogP contribution in [0.15, 0.2) is 35.3 Å². The van der Waals surface area contributed by atoms with E-state index in [0.717, 1.165) is 61.6 Å². The molecule has 174 valence electrons. The van der Waals surface area contributed by atoms with Crippen molar-refractivity contribution in [2.75, 3.05) is 52.2 Å². The molecule has 1 aliphatic rings. The van der Waals surface area contributed by atoms with Crippen molar-refractivity contribution in [2.45, 2.75) is 38.8 Å². The smallest absolute Gasteiger partial charge is 0.234 e. The van der Waals surface area contributed by atoms with Crippen molar-refractivity contribution in [3.63, 3.8) is 0 Å². The van der Waals surface area contributed by atoms with Gasteiger partial charge in [0.05, 0.1) is 12.1 Å². The lowest BCUT2D eigenvalue weighted by Gasteiger charge is -2.32. The third-order valence-electron chi connectivity index (χ3n) is 5.78. The van der Waals surface area contributed by atoms with Crippen LogP contribution in [0.4, 0.5) is 5.82 Å². The summed E-state index contributed by atoms with van der Waals surface area (Å²) in [4.78, 5) is 25.4. The molecule has 8 heteroatoms. The maximum atomic E-state index is 11.9. The molecule has 8 nitrogen and oxygen atoms in total. The van der Waals surface area contributed by atoms with E-state index in [-0.39, 0.29) is 5.91 Å². The molecule has 1 amide bonds. The fourth-order valence-electron chi connectivity index (χ4n) is 3.93. The quantitative estimate of drug-likeness (QED) is 0.431. The molecule has 1 aromatic carbocycles. The number of likely N-dealkylation sites (tertiary alicyclic amines) is 1. The number of guanidine groups is 1. The van der Waals surface area contributed by atoms with Gasteiger partial charge in [0.25, 0.3) is 0 Å². The van der Waals surface area contributed by atoms with Gasteiger partial charge < -0.3 is 20.9 Å². The highest BCUT2D eigenvalue weighted by Gasteiger charge is 2.21. The number of nitrogens with zero attached hydrogens (tertiary/aromatic N) is 4. The zero-order valence-electron chi connectivity index (χ0n) is 19.8. The highest BCUT2D eigenvalue weighted by atomic mass is 16.2. The van der Waals surface area contributed by atoms with Gasteiger partial charge in [0, 0.05) is 58.8 Å². The van der Waals surface area contributed by atoms with Gasteiger partial charge in [-0.1, -0.05) is 25.1 Å². The van der Waals surface area contributed by atoms with Crippen LogP contribution >= 0.6 is 0 Å². The first kappa shape index (κ1) is 23.8. The number of para-hydroxylation sites is 1. The highest BCUT2D eigenvalue weighted by molar-refractivity contribution is 5.85. The Hall–Kier alpha value is -2.87. The van der Waals surface area contributed by atoms with Gasteiger partial charge >= 0.3 is 0 Å². The number of carbonyl (C=O) groups is 1. The molecule has 0 spiro atoms. The molecule has 3 rings (SSSR count). The van der Waals surface area contributed by atoms with Gasteiger partial charge in [-0.2, -0.15) is 0 Å². The number of nitrogens with one attached hydrogen (secondary N) is 3. The molecule has 0 saturated carbocycles. The van der Waals surface area contributed by atoms with Gasteiger partial charge in [-0.15, -0.1) is 0 Å². The fourth-order valence-corrected chi connectivity index (χ4v) is 3.93. The van der Waals surface area contributed by atoms with E-state index in [4.69, 9.17) is 4.98 Å². The van der Waals surface area contributed by atoms with E-state index in [1.165, 1.54) is 5.56 Å². The standard InChI is InChI=1S/C24H37N7O/c1-5-12-26-23(32)17-31-13-10-19(11-14-31)28-24(25-2)27-16-18-15-22(30(3)4)29-21-9-7-6-8-20(18)21/h6-9,15,19H,5,10-14,16-17H2,1-4H3,(H,26,32)(H2,25,27,28). The van der Waals surface area contributed by atoms with Crippen LogP contribution in [-0.4, -0.2) is 75.1 Å². The summed E-state index contributed by atoms with van der Waals surface area (Å²) >= 11 is 0. The number of anilines is 1. The highest BCUT2D eigenvalue weighted by Crippen LogP contribution is 2.22. The minimum atomic E-state index is 0.123. The topological polar surface area (TPSA) is 84.9 Å². The first-order valence-electron chi connectivity index (χ1n) is 11.5. The molecular weight excluding hydrogens is 402 g/mol. The predicted molar refractivity (Wildman–Crippen MR) is 132 cm³/mol. The summed E-state index contributed by atoms with van der Waals surface area (Å²) in [5.41, 5.74) is 2.18. The largest absolute Gasteiger partial charge is 0.363 e. The molecule has 1 saturated heterocycles. The number of pyridine rings is 1. The van der Waals surface area contributed by atoms with Gasteiger partial charge in [-0.25, -0.2) is 4.98 Å². The molecular formula is C24H37N7O. The molecule has 1 aliphatic heterocycles. The van der Waals surface area contributed by atoms with Crippen molar-refractivity contribution >= 4 is 28.6 Å². The molecule has 2 aromatic rings. The summed E-state index contributed by atoms with van der Waals surface area (Å²) in [5, 5.41) is 11.1. The molecule has 3 N–H and O–H groups in total. The van der Waals surface area contributed by atoms with Crippen molar-refractivity contribution in [1.82, 2.24) is 25.8 Å². The number of rotatable bonds is 8. The third-order valence-corrected chi connectivity index (χ3v) is 5.78. The van der Waals surface area contributed by atoms with E-state index in [0.29, 0.717) is 19.1 Å². The Kier molecular flexibility index (Phi) is 8.67. The lowest BCUT2D eigenvalue weighted by atomic mass is 10.1. The van der Waals surface area contributed by atoms with Crippen LogP contribution in [0.1, 0.15) is 31.7 Å². The summed E-state index contributed by atoms with van der Waals surface area (Å²) in [7, 11) is 5.82. The molecule has 0 aliphatic carbocycles. The lowest BCUT2D eigenvalue weighted by molar-refractivity contribution is -0.122. The minimum absolute atomic E-state index is 0.123. The number of carbonyl (C=O) groups excluding carboxylic acids is 1. The number of hydrogen-bond acceptors (Lipinski definition) is 5. The first-order valence-corrected chi connectivity index (χ1v) is 11.5. The van der Waals surface area contributed by atoms with Crippen LogP contribution in [0.5, 0.6) is 0 Å².